The van der Waals surface area contributed by atoms with Gasteiger partial charge in [-0.2, -0.15) is 0 Å². The van der Waals surface area contributed by atoms with Crippen molar-refractivity contribution in [1.82, 2.24) is 9.88 Å². The maximum absolute atomic E-state index is 12.4. The van der Waals surface area contributed by atoms with E-state index in [0.29, 0.717) is 6.54 Å². The van der Waals surface area contributed by atoms with Gasteiger partial charge >= 0.3 is 0 Å². The van der Waals surface area contributed by atoms with Gasteiger partial charge < -0.3 is 0 Å². The van der Waals surface area contributed by atoms with E-state index in [-0.39, 0.29) is 23.7 Å². The van der Waals surface area contributed by atoms with E-state index in [1.54, 1.807) is 11.3 Å². The summed E-state index contributed by atoms with van der Waals surface area (Å²) in [6.07, 6.45) is 3.92. The van der Waals surface area contributed by atoms with Crippen LogP contribution in [0.4, 0.5) is 0 Å². The van der Waals surface area contributed by atoms with E-state index >= 15 is 0 Å². The van der Waals surface area contributed by atoms with E-state index in [2.05, 4.69) is 4.98 Å². The van der Waals surface area contributed by atoms with Crippen molar-refractivity contribution in [1.29, 1.82) is 0 Å². The van der Waals surface area contributed by atoms with Crippen LogP contribution in [0.2, 0.25) is 0 Å². The third-order valence-corrected chi connectivity index (χ3v) is 5.29. The van der Waals surface area contributed by atoms with Crippen LogP contribution in [0.1, 0.15) is 41.3 Å². The summed E-state index contributed by atoms with van der Waals surface area (Å²) in [5.41, 5.74) is 0.943. The molecule has 1 aromatic heterocycles. The molecule has 1 aliphatic heterocycles. The highest BCUT2D eigenvalue weighted by Crippen LogP contribution is 2.39. The van der Waals surface area contributed by atoms with E-state index in [0.717, 1.165) is 41.3 Å². The molecule has 5 heteroatoms. The first-order valence-electron chi connectivity index (χ1n) is 6.86. The predicted molar refractivity (Wildman–Crippen MR) is 72.6 cm³/mol. The minimum Gasteiger partial charge on any atom is -0.277 e. The van der Waals surface area contributed by atoms with Crippen molar-refractivity contribution in [2.24, 2.45) is 11.8 Å². The lowest BCUT2D eigenvalue weighted by Crippen LogP contribution is -2.30. The van der Waals surface area contributed by atoms with Crippen molar-refractivity contribution in [3.8, 4) is 0 Å². The number of nitrogens with zero attached hydrogens (tertiary/aromatic N) is 2. The number of hydrogen-bond acceptors (Lipinski definition) is 4. The Labute approximate surface area is 116 Å². The van der Waals surface area contributed by atoms with Gasteiger partial charge in [0.1, 0.15) is 0 Å². The third kappa shape index (κ3) is 2.10. The van der Waals surface area contributed by atoms with Crippen molar-refractivity contribution >= 4 is 23.2 Å². The van der Waals surface area contributed by atoms with Crippen molar-refractivity contribution in [2.75, 3.05) is 0 Å². The molecule has 3 rings (SSSR count). The van der Waals surface area contributed by atoms with Crippen LogP contribution < -0.4 is 0 Å². The fraction of sp³-hybridized carbons (Fsp3) is 0.643. The summed E-state index contributed by atoms with van der Waals surface area (Å²) in [5.74, 6) is -0.00791. The summed E-state index contributed by atoms with van der Waals surface area (Å²) >= 11 is 1.58. The highest BCUT2D eigenvalue weighted by Gasteiger charge is 2.48. The first-order chi connectivity index (χ1) is 9.08. The van der Waals surface area contributed by atoms with Crippen molar-refractivity contribution in [3.05, 3.63) is 15.6 Å². The molecule has 0 spiro atoms. The molecule has 2 amide bonds. The average Bonchev–Trinajstić information content (AvgIpc) is 2.83. The molecule has 2 aliphatic rings. The van der Waals surface area contributed by atoms with Crippen LogP contribution in [-0.4, -0.2) is 21.7 Å². The van der Waals surface area contributed by atoms with Gasteiger partial charge in [-0.05, 0) is 26.7 Å². The molecule has 1 aliphatic carbocycles. The van der Waals surface area contributed by atoms with Crippen molar-refractivity contribution in [3.63, 3.8) is 0 Å². The molecular formula is C14H18N2O2S. The lowest BCUT2D eigenvalue weighted by molar-refractivity contribution is -0.140. The Morgan fingerprint density at radius 2 is 1.74 bits per heavy atom. The Balaban J connectivity index is 1.83. The van der Waals surface area contributed by atoms with E-state index in [9.17, 15) is 9.59 Å². The number of fused-ring (bicyclic) bond motifs is 1. The number of thiazole rings is 1. The maximum atomic E-state index is 12.4. The minimum absolute atomic E-state index is 0.0418. The number of imide groups is 1. The molecular weight excluding hydrogens is 260 g/mol. The number of carbonyl (C=O) groups excluding carboxylic acids is 2. The molecule has 1 saturated carbocycles. The summed E-state index contributed by atoms with van der Waals surface area (Å²) < 4.78 is 0. The second kappa shape index (κ2) is 4.71. The first-order valence-corrected chi connectivity index (χ1v) is 7.67. The smallest absolute Gasteiger partial charge is 0.233 e. The van der Waals surface area contributed by atoms with Gasteiger partial charge in [0.25, 0.3) is 0 Å². The molecule has 2 atom stereocenters. The van der Waals surface area contributed by atoms with Crippen LogP contribution in [0.25, 0.3) is 0 Å². The van der Waals surface area contributed by atoms with Crippen LogP contribution in [0.5, 0.6) is 0 Å². The summed E-state index contributed by atoms with van der Waals surface area (Å²) in [7, 11) is 0. The molecule has 1 aromatic rings. The number of likely N-dealkylation sites (tertiary alicyclic amines) is 1. The fourth-order valence-electron chi connectivity index (χ4n) is 3.25. The number of hydrogen-bond donors (Lipinski definition) is 0. The quantitative estimate of drug-likeness (QED) is 0.781. The molecule has 0 aromatic carbocycles. The van der Waals surface area contributed by atoms with Gasteiger partial charge in [-0.15, -0.1) is 11.3 Å². The lowest BCUT2D eigenvalue weighted by atomic mass is 9.81. The van der Waals surface area contributed by atoms with Gasteiger partial charge in [0.2, 0.25) is 11.8 Å². The van der Waals surface area contributed by atoms with Gasteiger partial charge in [0.15, 0.2) is 0 Å². The molecule has 0 bridgehead atoms. The maximum Gasteiger partial charge on any atom is 0.233 e. The summed E-state index contributed by atoms with van der Waals surface area (Å²) in [4.78, 5) is 31.6. The molecule has 2 fully saturated rings. The summed E-state index contributed by atoms with van der Waals surface area (Å²) in [5, 5.41) is 0.990. The Morgan fingerprint density at radius 3 is 2.21 bits per heavy atom. The van der Waals surface area contributed by atoms with Crippen LogP contribution in [0.3, 0.4) is 0 Å². The van der Waals surface area contributed by atoms with Gasteiger partial charge in [-0.1, -0.05) is 12.8 Å². The second-order valence-corrected chi connectivity index (χ2v) is 6.79. The molecule has 2 unspecified atom stereocenters. The highest BCUT2D eigenvalue weighted by molar-refractivity contribution is 7.11. The van der Waals surface area contributed by atoms with E-state index in [1.807, 2.05) is 13.8 Å². The zero-order valence-electron chi connectivity index (χ0n) is 11.3. The minimum atomic E-state index is -0.0458. The molecule has 1 saturated heterocycles. The number of amides is 2. The standard InChI is InChI=1S/C14H18N2O2S/c1-8-12(19-9(2)15-8)7-16-13(17)10-5-3-4-6-11(10)14(16)18/h10-11H,3-7H2,1-2H3. The number of carbonyl (C=O) groups is 2. The second-order valence-electron chi connectivity index (χ2n) is 5.50. The Morgan fingerprint density at radius 1 is 1.16 bits per heavy atom. The van der Waals surface area contributed by atoms with Crippen LogP contribution in [0, 0.1) is 25.7 Å². The van der Waals surface area contributed by atoms with Gasteiger partial charge in [-0.25, -0.2) is 4.98 Å². The monoisotopic (exact) mass is 278 g/mol. The SMILES string of the molecule is Cc1nc(C)c(CN2C(=O)C3CCCCC3C2=O)s1. The highest BCUT2D eigenvalue weighted by atomic mass is 32.1. The van der Waals surface area contributed by atoms with Gasteiger partial charge in [0, 0.05) is 4.88 Å². The van der Waals surface area contributed by atoms with Gasteiger partial charge in [0.05, 0.1) is 29.1 Å². The van der Waals surface area contributed by atoms with E-state index < -0.39 is 0 Å². The Kier molecular flexibility index (Phi) is 3.17. The van der Waals surface area contributed by atoms with E-state index in [1.165, 1.54) is 4.90 Å². The fourth-order valence-corrected chi connectivity index (χ4v) is 4.18. The molecule has 0 radical (unpaired) electrons. The zero-order valence-corrected chi connectivity index (χ0v) is 12.1. The Hall–Kier alpha value is -1.23. The molecule has 4 nitrogen and oxygen atoms in total. The summed E-state index contributed by atoms with van der Waals surface area (Å²) in [6.45, 7) is 4.31. The number of aryl methyl sites for hydroxylation is 2. The predicted octanol–water partition coefficient (Wildman–Crippen LogP) is 2.44. The lowest BCUT2D eigenvalue weighted by Gasteiger charge is -2.19. The molecule has 19 heavy (non-hydrogen) atoms. The largest absolute Gasteiger partial charge is 0.277 e. The number of aromatic nitrogens is 1. The van der Waals surface area contributed by atoms with Crippen LogP contribution in [-0.2, 0) is 16.1 Å². The van der Waals surface area contributed by atoms with Crippen molar-refractivity contribution < 1.29 is 9.59 Å². The zero-order chi connectivity index (χ0) is 13.6. The molecule has 0 N–H and O–H groups in total. The van der Waals surface area contributed by atoms with E-state index in [4.69, 9.17) is 0 Å². The number of rotatable bonds is 2. The van der Waals surface area contributed by atoms with Gasteiger partial charge in [-0.3, -0.25) is 14.5 Å². The molecule has 2 heterocycles. The topological polar surface area (TPSA) is 50.3 Å². The van der Waals surface area contributed by atoms with Crippen molar-refractivity contribution in [2.45, 2.75) is 46.1 Å². The normalized spacial score (nSPS) is 26.9. The van der Waals surface area contributed by atoms with Crippen LogP contribution >= 0.6 is 11.3 Å². The Bertz CT molecular complexity index is 514. The third-order valence-electron chi connectivity index (χ3n) is 4.23. The molecule has 102 valence electrons. The summed E-state index contributed by atoms with van der Waals surface area (Å²) in [6, 6.07) is 0. The van der Waals surface area contributed by atoms with Crippen LogP contribution in [0.15, 0.2) is 0 Å². The average molecular weight is 278 g/mol. The first kappa shape index (κ1) is 12.8.